The molecule has 0 fully saturated rings. The van der Waals surface area contributed by atoms with Gasteiger partial charge in [0.25, 0.3) is 5.69 Å². The molecule has 0 saturated carbocycles. The van der Waals surface area contributed by atoms with E-state index < -0.39 is 4.92 Å². The van der Waals surface area contributed by atoms with Gasteiger partial charge in [0.2, 0.25) is 5.91 Å². The van der Waals surface area contributed by atoms with E-state index >= 15 is 0 Å². The molecule has 120 valence electrons. The van der Waals surface area contributed by atoms with Gasteiger partial charge < -0.3 is 4.90 Å². The van der Waals surface area contributed by atoms with E-state index in [-0.39, 0.29) is 16.8 Å². The molecule has 2 aromatic carbocycles. The van der Waals surface area contributed by atoms with Gasteiger partial charge in [-0.1, -0.05) is 17.7 Å². The standard InChI is InChI=1S/C17H18N2O3S/c1-12-4-6-14(7-5-12)18(3)17(20)13(2)23-16-10-8-15(9-11-16)19(21)22/h4-11,13H,1-3H3/t13-/m1/s1. The van der Waals surface area contributed by atoms with Crippen molar-refractivity contribution in [3.05, 3.63) is 64.2 Å². The molecule has 0 unspecified atom stereocenters. The number of nitro benzene ring substituents is 1. The SMILES string of the molecule is Cc1ccc(N(C)C(=O)[C@@H](C)Sc2ccc([N+](=O)[O-])cc2)cc1. The number of hydrogen-bond acceptors (Lipinski definition) is 4. The first-order valence-corrected chi connectivity index (χ1v) is 8.02. The highest BCUT2D eigenvalue weighted by Crippen LogP contribution is 2.27. The van der Waals surface area contributed by atoms with Gasteiger partial charge >= 0.3 is 0 Å². The number of amides is 1. The predicted octanol–water partition coefficient (Wildman–Crippen LogP) is 4.05. The Morgan fingerprint density at radius 3 is 2.22 bits per heavy atom. The Bertz CT molecular complexity index is 699. The highest BCUT2D eigenvalue weighted by atomic mass is 32.2. The Labute approximate surface area is 139 Å². The van der Waals surface area contributed by atoms with E-state index in [1.165, 1.54) is 23.9 Å². The maximum absolute atomic E-state index is 12.5. The lowest BCUT2D eigenvalue weighted by molar-refractivity contribution is -0.384. The number of benzene rings is 2. The number of aryl methyl sites for hydroxylation is 1. The number of thioether (sulfide) groups is 1. The molecule has 0 spiro atoms. The zero-order valence-electron chi connectivity index (χ0n) is 13.2. The predicted molar refractivity (Wildman–Crippen MR) is 93.0 cm³/mol. The molecule has 0 radical (unpaired) electrons. The molecular weight excluding hydrogens is 312 g/mol. The Kier molecular flexibility index (Phi) is 5.39. The van der Waals surface area contributed by atoms with Gasteiger partial charge in [0.1, 0.15) is 0 Å². The highest BCUT2D eigenvalue weighted by molar-refractivity contribution is 8.00. The molecule has 1 atom stereocenters. The summed E-state index contributed by atoms with van der Waals surface area (Å²) in [5.74, 6) is -0.0165. The second-order valence-electron chi connectivity index (χ2n) is 5.24. The number of nitrogens with zero attached hydrogens (tertiary/aromatic N) is 2. The lowest BCUT2D eigenvalue weighted by Gasteiger charge is -2.21. The summed E-state index contributed by atoms with van der Waals surface area (Å²) in [5.41, 5.74) is 2.03. The van der Waals surface area contributed by atoms with Gasteiger partial charge in [0.15, 0.2) is 0 Å². The second-order valence-corrected chi connectivity index (χ2v) is 6.66. The van der Waals surface area contributed by atoms with Crippen LogP contribution in [0.2, 0.25) is 0 Å². The summed E-state index contributed by atoms with van der Waals surface area (Å²) < 4.78 is 0. The van der Waals surface area contributed by atoms with E-state index in [1.807, 2.05) is 38.1 Å². The van der Waals surface area contributed by atoms with Crippen molar-refractivity contribution in [3.63, 3.8) is 0 Å². The molecule has 2 rings (SSSR count). The summed E-state index contributed by atoms with van der Waals surface area (Å²) >= 11 is 1.38. The van der Waals surface area contributed by atoms with Crippen LogP contribution >= 0.6 is 11.8 Å². The molecule has 6 heteroatoms. The minimum Gasteiger partial charge on any atom is -0.315 e. The lowest BCUT2D eigenvalue weighted by Crippen LogP contribution is -2.33. The molecule has 0 saturated heterocycles. The summed E-state index contributed by atoms with van der Waals surface area (Å²) in [4.78, 5) is 25.2. The maximum atomic E-state index is 12.5. The van der Waals surface area contributed by atoms with Gasteiger partial charge in [0, 0.05) is 29.8 Å². The van der Waals surface area contributed by atoms with Crippen LogP contribution in [0.3, 0.4) is 0 Å². The van der Waals surface area contributed by atoms with Crippen LogP contribution < -0.4 is 4.90 Å². The maximum Gasteiger partial charge on any atom is 0.269 e. The van der Waals surface area contributed by atoms with Gasteiger partial charge in [-0.2, -0.15) is 0 Å². The quantitative estimate of drug-likeness (QED) is 0.471. The molecule has 0 aliphatic rings. The molecule has 1 amide bonds. The zero-order chi connectivity index (χ0) is 17.0. The van der Waals surface area contributed by atoms with Crippen molar-refractivity contribution >= 4 is 29.0 Å². The molecule has 5 nitrogen and oxygen atoms in total. The zero-order valence-corrected chi connectivity index (χ0v) is 14.0. The first-order chi connectivity index (χ1) is 10.9. The Balaban J connectivity index is 2.04. The van der Waals surface area contributed by atoms with Gasteiger partial charge in [-0.15, -0.1) is 11.8 Å². The van der Waals surface area contributed by atoms with Crippen molar-refractivity contribution in [2.75, 3.05) is 11.9 Å². The average molecular weight is 330 g/mol. The smallest absolute Gasteiger partial charge is 0.269 e. The number of carbonyl (C=O) groups is 1. The van der Waals surface area contributed by atoms with E-state index in [9.17, 15) is 14.9 Å². The Morgan fingerprint density at radius 2 is 1.70 bits per heavy atom. The third-order valence-corrected chi connectivity index (χ3v) is 4.56. The number of nitro groups is 1. The minimum atomic E-state index is -0.436. The highest BCUT2D eigenvalue weighted by Gasteiger charge is 2.20. The van der Waals surface area contributed by atoms with Gasteiger partial charge in [-0.05, 0) is 38.1 Å². The summed E-state index contributed by atoms with van der Waals surface area (Å²) in [7, 11) is 1.75. The van der Waals surface area contributed by atoms with Crippen LogP contribution in [0.1, 0.15) is 12.5 Å². The van der Waals surface area contributed by atoms with E-state index in [0.717, 1.165) is 16.1 Å². The van der Waals surface area contributed by atoms with Gasteiger partial charge in [-0.3, -0.25) is 14.9 Å². The molecule has 0 heterocycles. The van der Waals surface area contributed by atoms with Crippen molar-refractivity contribution in [1.82, 2.24) is 0 Å². The van der Waals surface area contributed by atoms with Crippen LogP contribution in [0.25, 0.3) is 0 Å². The van der Waals surface area contributed by atoms with E-state index in [2.05, 4.69) is 0 Å². The van der Waals surface area contributed by atoms with Crippen LogP contribution in [-0.2, 0) is 4.79 Å². The monoisotopic (exact) mass is 330 g/mol. The number of rotatable bonds is 5. The van der Waals surface area contributed by atoms with Crippen LogP contribution in [0.4, 0.5) is 11.4 Å². The fraction of sp³-hybridized carbons (Fsp3) is 0.235. The number of non-ortho nitro benzene ring substituents is 1. The lowest BCUT2D eigenvalue weighted by atomic mass is 10.2. The molecule has 0 N–H and O–H groups in total. The fourth-order valence-electron chi connectivity index (χ4n) is 2.07. The summed E-state index contributed by atoms with van der Waals surface area (Å²) in [5, 5.41) is 10.4. The van der Waals surface area contributed by atoms with Crippen molar-refractivity contribution < 1.29 is 9.72 Å². The third-order valence-electron chi connectivity index (χ3n) is 3.46. The topological polar surface area (TPSA) is 63.5 Å². The number of anilines is 1. The first-order valence-electron chi connectivity index (χ1n) is 7.14. The van der Waals surface area contributed by atoms with Crippen molar-refractivity contribution in [2.45, 2.75) is 24.0 Å². The number of carbonyl (C=O) groups excluding carboxylic acids is 1. The van der Waals surface area contributed by atoms with E-state index in [1.54, 1.807) is 24.1 Å². The van der Waals surface area contributed by atoms with E-state index in [4.69, 9.17) is 0 Å². The normalized spacial score (nSPS) is 11.8. The summed E-state index contributed by atoms with van der Waals surface area (Å²) in [6, 6.07) is 14.0. The molecule has 23 heavy (non-hydrogen) atoms. The summed E-state index contributed by atoms with van der Waals surface area (Å²) in [6.07, 6.45) is 0. The molecule has 0 bridgehead atoms. The Hall–Kier alpha value is -2.34. The van der Waals surface area contributed by atoms with Crippen LogP contribution in [0.15, 0.2) is 53.4 Å². The average Bonchev–Trinajstić information content (AvgIpc) is 2.54. The fourth-order valence-corrected chi connectivity index (χ4v) is 3.03. The molecule has 0 aliphatic carbocycles. The van der Waals surface area contributed by atoms with Gasteiger partial charge in [-0.25, -0.2) is 0 Å². The molecule has 0 aliphatic heterocycles. The van der Waals surface area contributed by atoms with Crippen molar-refractivity contribution in [2.24, 2.45) is 0 Å². The van der Waals surface area contributed by atoms with Crippen LogP contribution in [0.5, 0.6) is 0 Å². The molecule has 2 aromatic rings. The van der Waals surface area contributed by atoms with Gasteiger partial charge in [0.05, 0.1) is 10.2 Å². The minimum absolute atomic E-state index is 0.0165. The Morgan fingerprint density at radius 1 is 1.13 bits per heavy atom. The third kappa shape index (κ3) is 4.32. The summed E-state index contributed by atoms with van der Waals surface area (Å²) in [6.45, 7) is 3.83. The largest absolute Gasteiger partial charge is 0.315 e. The van der Waals surface area contributed by atoms with Crippen molar-refractivity contribution in [3.8, 4) is 0 Å². The van der Waals surface area contributed by atoms with Crippen LogP contribution in [-0.4, -0.2) is 23.1 Å². The molecular formula is C17H18N2O3S. The molecule has 0 aromatic heterocycles. The van der Waals surface area contributed by atoms with E-state index in [0.29, 0.717) is 0 Å². The first kappa shape index (κ1) is 17.0. The second kappa shape index (κ2) is 7.28. The van der Waals surface area contributed by atoms with Crippen LogP contribution in [0, 0.1) is 17.0 Å². The number of hydrogen-bond donors (Lipinski definition) is 0. The van der Waals surface area contributed by atoms with Crippen molar-refractivity contribution in [1.29, 1.82) is 0 Å².